The molecule has 0 fully saturated rings. The van der Waals surface area contributed by atoms with Gasteiger partial charge in [0.1, 0.15) is 23.7 Å². The van der Waals surface area contributed by atoms with E-state index in [4.69, 9.17) is 18.9 Å². The molecule has 0 radical (unpaired) electrons. The molecule has 0 saturated heterocycles. The van der Waals surface area contributed by atoms with E-state index in [1.165, 1.54) is 19.8 Å². The molecule has 0 heterocycles. The highest BCUT2D eigenvalue weighted by Crippen LogP contribution is 2.35. The van der Waals surface area contributed by atoms with Gasteiger partial charge in [-0.1, -0.05) is 5.57 Å². The van der Waals surface area contributed by atoms with Gasteiger partial charge in [0.05, 0.1) is 20.8 Å². The molecule has 0 aliphatic rings. The monoisotopic (exact) mass is 308 g/mol. The summed E-state index contributed by atoms with van der Waals surface area (Å²) < 4.78 is 21.2. The zero-order valence-electron chi connectivity index (χ0n) is 14.1. The number of hydrogen-bond acceptors (Lipinski definition) is 5. The second kappa shape index (κ2) is 8.44. The van der Waals surface area contributed by atoms with Crippen LogP contribution in [0.1, 0.15) is 35.3 Å². The van der Waals surface area contributed by atoms with Crippen LogP contribution in [-0.2, 0) is 16.1 Å². The minimum Gasteiger partial charge on any atom is -0.495 e. The molecule has 0 aliphatic carbocycles. The molecule has 0 amide bonds. The molecule has 0 spiro atoms. The van der Waals surface area contributed by atoms with Gasteiger partial charge in [0, 0.05) is 12.7 Å². The number of allylic oxidation sites excluding steroid dienone is 1. The largest absolute Gasteiger partial charge is 0.495 e. The molecule has 5 heteroatoms. The second-order valence-electron chi connectivity index (χ2n) is 5.08. The number of carbonyl (C=O) groups is 1. The third-order valence-electron chi connectivity index (χ3n) is 3.19. The van der Waals surface area contributed by atoms with Crippen molar-refractivity contribution in [1.82, 2.24) is 0 Å². The first kappa shape index (κ1) is 18.0. The van der Waals surface area contributed by atoms with Gasteiger partial charge in [-0.05, 0) is 38.5 Å². The molecule has 22 heavy (non-hydrogen) atoms. The van der Waals surface area contributed by atoms with Gasteiger partial charge in [-0.2, -0.15) is 0 Å². The van der Waals surface area contributed by atoms with Crippen molar-refractivity contribution in [1.29, 1.82) is 0 Å². The Labute approximate surface area is 131 Å². The van der Waals surface area contributed by atoms with E-state index >= 15 is 0 Å². The van der Waals surface area contributed by atoms with Gasteiger partial charge in [-0.3, -0.25) is 0 Å². The standard InChI is InChI=1S/C17H24O5/c1-11(2)7-8-22-14-9-13(10-19-4)15(17(18)21-6)16(20-5)12(14)3/h7,9H,8,10H2,1-6H3. The Morgan fingerprint density at radius 2 is 1.91 bits per heavy atom. The number of esters is 1. The van der Waals surface area contributed by atoms with E-state index in [9.17, 15) is 4.79 Å². The predicted octanol–water partition coefficient (Wildman–Crippen LogP) is 3.28. The zero-order chi connectivity index (χ0) is 16.7. The van der Waals surface area contributed by atoms with E-state index in [2.05, 4.69) is 0 Å². The number of hydrogen-bond donors (Lipinski definition) is 0. The van der Waals surface area contributed by atoms with Crippen molar-refractivity contribution >= 4 is 5.97 Å². The maximum Gasteiger partial charge on any atom is 0.342 e. The molecule has 0 atom stereocenters. The summed E-state index contributed by atoms with van der Waals surface area (Å²) in [5.41, 5.74) is 2.97. The van der Waals surface area contributed by atoms with Crippen LogP contribution < -0.4 is 9.47 Å². The van der Waals surface area contributed by atoms with Crippen molar-refractivity contribution in [3.8, 4) is 11.5 Å². The molecule has 0 aromatic heterocycles. The molecule has 122 valence electrons. The Kier molecular flexibility index (Phi) is 6.92. The summed E-state index contributed by atoms with van der Waals surface area (Å²) in [6, 6.07) is 1.80. The first-order valence-electron chi connectivity index (χ1n) is 7.00. The van der Waals surface area contributed by atoms with Crippen molar-refractivity contribution in [2.24, 2.45) is 0 Å². The first-order valence-corrected chi connectivity index (χ1v) is 7.00. The zero-order valence-corrected chi connectivity index (χ0v) is 14.1. The lowest BCUT2D eigenvalue weighted by Gasteiger charge is -2.18. The SMILES string of the molecule is COCc1cc(OCC=C(C)C)c(C)c(OC)c1C(=O)OC. The number of benzene rings is 1. The Hall–Kier alpha value is -2.01. The fraction of sp³-hybridized carbons (Fsp3) is 0.471. The number of rotatable bonds is 7. The summed E-state index contributed by atoms with van der Waals surface area (Å²) in [5.74, 6) is 0.658. The molecule has 0 saturated carbocycles. The Morgan fingerprint density at radius 1 is 1.23 bits per heavy atom. The average molecular weight is 308 g/mol. The van der Waals surface area contributed by atoms with Crippen LogP contribution >= 0.6 is 0 Å². The molecule has 0 bridgehead atoms. The lowest BCUT2D eigenvalue weighted by atomic mass is 10.0. The van der Waals surface area contributed by atoms with Crippen LogP contribution in [-0.4, -0.2) is 33.9 Å². The van der Waals surface area contributed by atoms with Crippen LogP contribution in [0, 0.1) is 6.92 Å². The third kappa shape index (κ3) is 4.24. The Morgan fingerprint density at radius 3 is 2.41 bits per heavy atom. The average Bonchev–Trinajstić information content (AvgIpc) is 2.48. The van der Waals surface area contributed by atoms with Crippen LogP contribution in [0.25, 0.3) is 0 Å². The molecule has 1 aromatic carbocycles. The predicted molar refractivity (Wildman–Crippen MR) is 84.7 cm³/mol. The molecular weight excluding hydrogens is 284 g/mol. The van der Waals surface area contributed by atoms with Crippen molar-refractivity contribution in [2.75, 3.05) is 27.9 Å². The minimum atomic E-state index is -0.456. The van der Waals surface area contributed by atoms with Gasteiger partial charge < -0.3 is 18.9 Å². The fourth-order valence-electron chi connectivity index (χ4n) is 2.08. The maximum absolute atomic E-state index is 12.0. The lowest BCUT2D eigenvalue weighted by Crippen LogP contribution is -2.11. The smallest absolute Gasteiger partial charge is 0.342 e. The highest BCUT2D eigenvalue weighted by molar-refractivity contribution is 5.95. The Bertz CT molecular complexity index is 557. The van der Waals surface area contributed by atoms with Gasteiger partial charge in [0.15, 0.2) is 0 Å². The van der Waals surface area contributed by atoms with Crippen LogP contribution in [0.15, 0.2) is 17.7 Å². The van der Waals surface area contributed by atoms with Gasteiger partial charge in [-0.15, -0.1) is 0 Å². The van der Waals surface area contributed by atoms with Crippen molar-refractivity contribution in [2.45, 2.75) is 27.4 Å². The highest BCUT2D eigenvalue weighted by atomic mass is 16.5. The number of carbonyl (C=O) groups excluding carboxylic acids is 1. The van der Waals surface area contributed by atoms with Crippen LogP contribution in [0.3, 0.4) is 0 Å². The fourth-order valence-corrected chi connectivity index (χ4v) is 2.08. The third-order valence-corrected chi connectivity index (χ3v) is 3.19. The molecule has 0 unspecified atom stereocenters. The normalized spacial score (nSPS) is 10.1. The second-order valence-corrected chi connectivity index (χ2v) is 5.08. The summed E-state index contributed by atoms with van der Waals surface area (Å²) >= 11 is 0. The van der Waals surface area contributed by atoms with E-state index in [0.29, 0.717) is 29.2 Å². The summed E-state index contributed by atoms with van der Waals surface area (Å²) in [7, 11) is 4.43. The summed E-state index contributed by atoms with van der Waals surface area (Å²) in [4.78, 5) is 12.0. The summed E-state index contributed by atoms with van der Waals surface area (Å²) in [6.45, 7) is 6.58. The molecule has 1 aromatic rings. The summed E-state index contributed by atoms with van der Waals surface area (Å²) in [5, 5.41) is 0. The number of methoxy groups -OCH3 is 3. The summed E-state index contributed by atoms with van der Waals surface area (Å²) in [6.07, 6.45) is 1.98. The van der Waals surface area contributed by atoms with Gasteiger partial charge >= 0.3 is 5.97 Å². The van der Waals surface area contributed by atoms with Crippen molar-refractivity contribution in [3.05, 3.63) is 34.4 Å². The van der Waals surface area contributed by atoms with Gasteiger partial charge in [0.25, 0.3) is 0 Å². The van der Waals surface area contributed by atoms with E-state index in [-0.39, 0.29) is 6.61 Å². The molecule has 0 N–H and O–H groups in total. The van der Waals surface area contributed by atoms with Crippen LogP contribution in [0.4, 0.5) is 0 Å². The minimum absolute atomic E-state index is 0.264. The van der Waals surface area contributed by atoms with Gasteiger partial charge in [-0.25, -0.2) is 4.79 Å². The molecular formula is C17H24O5. The van der Waals surface area contributed by atoms with Crippen LogP contribution in [0.2, 0.25) is 0 Å². The van der Waals surface area contributed by atoms with E-state index < -0.39 is 5.97 Å². The quantitative estimate of drug-likeness (QED) is 0.571. The molecule has 1 rings (SSSR count). The van der Waals surface area contributed by atoms with E-state index in [0.717, 1.165) is 5.56 Å². The lowest BCUT2D eigenvalue weighted by molar-refractivity contribution is 0.0591. The van der Waals surface area contributed by atoms with Gasteiger partial charge in [0.2, 0.25) is 0 Å². The van der Waals surface area contributed by atoms with Crippen molar-refractivity contribution < 1.29 is 23.7 Å². The Balaban J connectivity index is 3.33. The molecule has 0 aliphatic heterocycles. The maximum atomic E-state index is 12.0. The topological polar surface area (TPSA) is 54.0 Å². The number of ether oxygens (including phenoxy) is 4. The van der Waals surface area contributed by atoms with E-state index in [1.807, 2.05) is 26.8 Å². The first-order chi connectivity index (χ1) is 10.5. The molecule has 5 nitrogen and oxygen atoms in total. The van der Waals surface area contributed by atoms with E-state index in [1.54, 1.807) is 13.2 Å². The van der Waals surface area contributed by atoms with Crippen LogP contribution in [0.5, 0.6) is 11.5 Å². The van der Waals surface area contributed by atoms with Crippen molar-refractivity contribution in [3.63, 3.8) is 0 Å². The highest BCUT2D eigenvalue weighted by Gasteiger charge is 2.23.